The zero-order chi connectivity index (χ0) is 14.7. The average Bonchev–Trinajstić information content (AvgIpc) is 2.44. The molecule has 1 aliphatic rings. The Morgan fingerprint density at radius 2 is 2.10 bits per heavy atom. The Labute approximate surface area is 127 Å². The summed E-state index contributed by atoms with van der Waals surface area (Å²) in [5.41, 5.74) is 1.04. The number of ether oxygens (including phenoxy) is 2. The Morgan fingerprint density at radius 1 is 1.40 bits per heavy atom. The number of rotatable bonds is 4. The Hall–Kier alpha value is -1.27. The van der Waals surface area contributed by atoms with Crippen LogP contribution >= 0.6 is 15.9 Å². The molecule has 20 heavy (non-hydrogen) atoms. The molecule has 0 bridgehead atoms. The molecule has 5 nitrogen and oxygen atoms in total. The molecule has 110 valence electrons. The lowest BCUT2D eigenvalue weighted by atomic mass is 10.1. The molecule has 1 aliphatic heterocycles. The molecule has 0 saturated heterocycles. The van der Waals surface area contributed by atoms with Crippen molar-refractivity contribution < 1.29 is 14.3 Å². The highest BCUT2D eigenvalue weighted by atomic mass is 79.9. The van der Waals surface area contributed by atoms with Gasteiger partial charge in [0, 0.05) is 20.6 Å². The third kappa shape index (κ3) is 3.43. The molecule has 1 unspecified atom stereocenters. The van der Waals surface area contributed by atoms with Crippen molar-refractivity contribution in [2.45, 2.75) is 19.5 Å². The quantitative estimate of drug-likeness (QED) is 0.906. The van der Waals surface area contributed by atoms with Gasteiger partial charge in [0.15, 0.2) is 11.5 Å². The summed E-state index contributed by atoms with van der Waals surface area (Å²) in [5.74, 6) is 1.55. The second-order valence-corrected chi connectivity index (χ2v) is 5.79. The Morgan fingerprint density at radius 3 is 2.80 bits per heavy atom. The summed E-state index contributed by atoms with van der Waals surface area (Å²) in [5, 5.41) is 3.21. The van der Waals surface area contributed by atoms with Crippen LogP contribution in [0.4, 0.5) is 0 Å². The van der Waals surface area contributed by atoms with Crippen molar-refractivity contribution >= 4 is 21.8 Å². The van der Waals surface area contributed by atoms with E-state index in [2.05, 4.69) is 21.2 Å². The molecule has 1 atom stereocenters. The number of carbonyl (C=O) groups excluding carboxylic acids is 1. The van der Waals surface area contributed by atoms with Crippen molar-refractivity contribution in [2.24, 2.45) is 0 Å². The third-order valence-electron chi connectivity index (χ3n) is 3.08. The van der Waals surface area contributed by atoms with E-state index in [1.165, 1.54) is 0 Å². The highest BCUT2D eigenvalue weighted by molar-refractivity contribution is 9.10. The lowest BCUT2D eigenvalue weighted by Gasteiger charge is -2.21. The van der Waals surface area contributed by atoms with E-state index in [-0.39, 0.29) is 11.9 Å². The van der Waals surface area contributed by atoms with E-state index in [4.69, 9.17) is 9.47 Å². The number of hydrogen-bond donors (Lipinski definition) is 1. The molecule has 6 heteroatoms. The number of amides is 1. The number of halogens is 1. The van der Waals surface area contributed by atoms with E-state index < -0.39 is 0 Å². The van der Waals surface area contributed by atoms with Crippen molar-refractivity contribution in [2.75, 3.05) is 27.3 Å². The molecule has 0 radical (unpaired) electrons. The molecule has 1 heterocycles. The number of carbonyl (C=O) groups is 1. The van der Waals surface area contributed by atoms with Gasteiger partial charge in [0.2, 0.25) is 5.91 Å². The molecule has 0 fully saturated rings. The van der Waals surface area contributed by atoms with Gasteiger partial charge < -0.3 is 19.7 Å². The van der Waals surface area contributed by atoms with Crippen LogP contribution in [0, 0.1) is 0 Å². The van der Waals surface area contributed by atoms with Crippen LogP contribution in [0.15, 0.2) is 16.6 Å². The number of likely N-dealkylation sites (N-methyl/N-ethyl adjacent to an activating group) is 1. The lowest BCUT2D eigenvalue weighted by molar-refractivity contribution is -0.130. The van der Waals surface area contributed by atoms with Crippen LogP contribution in [0.5, 0.6) is 11.5 Å². The van der Waals surface area contributed by atoms with Crippen LogP contribution in [0.1, 0.15) is 12.5 Å². The maximum Gasteiger partial charge on any atom is 0.238 e. The summed E-state index contributed by atoms with van der Waals surface area (Å²) in [6, 6.07) is 3.70. The molecule has 1 aromatic rings. The van der Waals surface area contributed by atoms with E-state index in [1.54, 1.807) is 19.0 Å². The molecular weight excluding hydrogens is 324 g/mol. The smallest absolute Gasteiger partial charge is 0.238 e. The molecule has 1 amide bonds. The molecule has 1 N–H and O–H groups in total. The van der Waals surface area contributed by atoms with Gasteiger partial charge in [0.25, 0.3) is 0 Å². The largest absolute Gasteiger partial charge is 0.486 e. The van der Waals surface area contributed by atoms with Crippen molar-refractivity contribution in [3.05, 3.63) is 22.2 Å². The second-order valence-electron chi connectivity index (χ2n) is 4.94. The van der Waals surface area contributed by atoms with E-state index in [0.717, 1.165) is 21.5 Å². The number of nitrogens with zero attached hydrogens (tertiary/aromatic N) is 1. The van der Waals surface area contributed by atoms with E-state index in [0.29, 0.717) is 19.8 Å². The zero-order valence-corrected chi connectivity index (χ0v) is 13.5. The number of benzene rings is 1. The summed E-state index contributed by atoms with van der Waals surface area (Å²) in [6.45, 7) is 3.58. The minimum atomic E-state index is -0.225. The van der Waals surface area contributed by atoms with Crippen molar-refractivity contribution in [1.82, 2.24) is 10.2 Å². The van der Waals surface area contributed by atoms with Crippen LogP contribution < -0.4 is 14.8 Å². The predicted octanol–water partition coefficient (Wildman–Crippen LogP) is 1.79. The molecule has 0 aliphatic carbocycles. The first-order valence-corrected chi connectivity index (χ1v) is 7.31. The fourth-order valence-corrected chi connectivity index (χ4v) is 2.62. The van der Waals surface area contributed by atoms with Crippen LogP contribution in [0.25, 0.3) is 0 Å². The van der Waals surface area contributed by atoms with Gasteiger partial charge in [0.05, 0.1) is 10.5 Å². The number of hydrogen-bond acceptors (Lipinski definition) is 4. The van der Waals surface area contributed by atoms with Gasteiger partial charge in [-0.15, -0.1) is 0 Å². The lowest BCUT2D eigenvalue weighted by Crippen LogP contribution is -2.41. The van der Waals surface area contributed by atoms with Crippen LogP contribution in [0.2, 0.25) is 0 Å². The Kier molecular flexibility index (Phi) is 4.88. The van der Waals surface area contributed by atoms with Gasteiger partial charge in [-0.1, -0.05) is 0 Å². The van der Waals surface area contributed by atoms with Gasteiger partial charge in [-0.3, -0.25) is 4.79 Å². The number of fused-ring (bicyclic) bond motifs is 1. The van der Waals surface area contributed by atoms with E-state index in [1.807, 2.05) is 19.1 Å². The second kappa shape index (κ2) is 6.45. The molecule has 1 aromatic carbocycles. The fourth-order valence-electron chi connectivity index (χ4n) is 2.01. The van der Waals surface area contributed by atoms with Gasteiger partial charge in [0.1, 0.15) is 13.2 Å². The van der Waals surface area contributed by atoms with Gasteiger partial charge >= 0.3 is 0 Å². The minimum Gasteiger partial charge on any atom is -0.486 e. The average molecular weight is 343 g/mol. The minimum absolute atomic E-state index is 0.0570. The summed E-state index contributed by atoms with van der Waals surface area (Å²) in [7, 11) is 3.50. The Bertz CT molecular complexity index is 505. The van der Waals surface area contributed by atoms with Gasteiger partial charge in [-0.25, -0.2) is 0 Å². The molecule has 0 aromatic heterocycles. The summed E-state index contributed by atoms with van der Waals surface area (Å²) in [4.78, 5) is 13.4. The predicted molar refractivity (Wildman–Crippen MR) is 80.1 cm³/mol. The van der Waals surface area contributed by atoms with Crippen molar-refractivity contribution in [3.8, 4) is 11.5 Å². The Balaban J connectivity index is 2.03. The summed E-state index contributed by atoms with van der Waals surface area (Å²) >= 11 is 3.48. The fraction of sp³-hybridized carbons (Fsp3) is 0.500. The standard InChI is InChI=1S/C14H19BrN2O3/c1-9(14(18)17(2)3)16-8-10-6-11(15)13-12(7-10)19-4-5-20-13/h6-7,9,16H,4-5,8H2,1-3H3. The van der Waals surface area contributed by atoms with Crippen LogP contribution in [-0.2, 0) is 11.3 Å². The zero-order valence-electron chi connectivity index (χ0n) is 11.9. The van der Waals surface area contributed by atoms with Crippen molar-refractivity contribution in [1.29, 1.82) is 0 Å². The highest BCUT2D eigenvalue weighted by Crippen LogP contribution is 2.38. The summed E-state index contributed by atoms with van der Waals surface area (Å²) < 4.78 is 12.0. The topological polar surface area (TPSA) is 50.8 Å². The number of nitrogens with one attached hydrogen (secondary N) is 1. The third-order valence-corrected chi connectivity index (χ3v) is 3.67. The van der Waals surface area contributed by atoms with Gasteiger partial charge in [-0.05, 0) is 40.5 Å². The highest BCUT2D eigenvalue weighted by Gasteiger charge is 2.18. The van der Waals surface area contributed by atoms with Crippen LogP contribution in [-0.4, -0.2) is 44.2 Å². The molecular formula is C14H19BrN2O3. The molecule has 0 saturated carbocycles. The normalized spacial score (nSPS) is 14.8. The summed E-state index contributed by atoms with van der Waals surface area (Å²) in [6.07, 6.45) is 0. The molecule has 2 rings (SSSR count). The monoisotopic (exact) mass is 342 g/mol. The van der Waals surface area contributed by atoms with Crippen molar-refractivity contribution in [3.63, 3.8) is 0 Å². The molecule has 0 spiro atoms. The first-order chi connectivity index (χ1) is 9.49. The van der Waals surface area contributed by atoms with Crippen LogP contribution in [0.3, 0.4) is 0 Å². The SMILES string of the molecule is CC(NCc1cc(Br)c2c(c1)OCCO2)C(=O)N(C)C. The first kappa shape index (κ1) is 15.1. The van der Waals surface area contributed by atoms with E-state index >= 15 is 0 Å². The van der Waals surface area contributed by atoms with E-state index in [9.17, 15) is 4.79 Å². The maximum absolute atomic E-state index is 11.8. The van der Waals surface area contributed by atoms with Gasteiger partial charge in [-0.2, -0.15) is 0 Å². The first-order valence-electron chi connectivity index (χ1n) is 6.51. The maximum atomic E-state index is 11.8.